The molecule has 1 fully saturated rings. The number of hydrogen-bond donors (Lipinski definition) is 1. The lowest BCUT2D eigenvalue weighted by atomic mass is 10.2. The van der Waals surface area contributed by atoms with Crippen molar-refractivity contribution < 1.29 is 27.8 Å². The van der Waals surface area contributed by atoms with E-state index in [2.05, 4.69) is 4.74 Å². The Bertz CT molecular complexity index is 406. The maximum atomic E-state index is 12.2. The molecule has 0 spiro atoms. The van der Waals surface area contributed by atoms with Crippen molar-refractivity contribution in [2.24, 2.45) is 0 Å². The quantitative estimate of drug-likeness (QED) is 0.910. The monoisotopic (exact) mass is 262 g/mol. The van der Waals surface area contributed by atoms with Crippen molar-refractivity contribution in [3.63, 3.8) is 0 Å². The van der Waals surface area contributed by atoms with Crippen LogP contribution >= 0.6 is 0 Å². The van der Waals surface area contributed by atoms with E-state index in [9.17, 15) is 18.3 Å². The van der Waals surface area contributed by atoms with Gasteiger partial charge in [-0.25, -0.2) is 0 Å². The molecule has 0 saturated heterocycles. The zero-order valence-corrected chi connectivity index (χ0v) is 9.48. The Kier molecular flexibility index (Phi) is 3.65. The molecule has 1 N–H and O–H groups in total. The third-order valence-corrected chi connectivity index (χ3v) is 2.77. The van der Waals surface area contributed by atoms with Crippen molar-refractivity contribution in [1.82, 2.24) is 0 Å². The van der Waals surface area contributed by atoms with Gasteiger partial charge in [-0.05, 0) is 31.4 Å². The fourth-order valence-electron chi connectivity index (χ4n) is 1.96. The SMILES string of the molecule is O[C@H]1CCC[C@@H]1Oc1ccccc1OC(F)(F)F. The molecule has 0 aromatic heterocycles. The summed E-state index contributed by atoms with van der Waals surface area (Å²) in [7, 11) is 0. The smallest absolute Gasteiger partial charge is 0.484 e. The predicted molar refractivity (Wildman–Crippen MR) is 57.4 cm³/mol. The van der Waals surface area contributed by atoms with E-state index in [1.54, 1.807) is 6.07 Å². The number of hydrogen-bond acceptors (Lipinski definition) is 3. The minimum absolute atomic E-state index is 0.000718. The first-order chi connectivity index (χ1) is 8.46. The molecule has 1 aromatic rings. The van der Waals surface area contributed by atoms with E-state index in [1.807, 2.05) is 0 Å². The van der Waals surface area contributed by atoms with Gasteiger partial charge in [0.15, 0.2) is 11.5 Å². The van der Waals surface area contributed by atoms with Crippen LogP contribution in [0, 0.1) is 0 Å². The minimum atomic E-state index is -4.76. The summed E-state index contributed by atoms with van der Waals surface area (Å²) in [6, 6.07) is 5.56. The van der Waals surface area contributed by atoms with Crippen molar-refractivity contribution in [2.45, 2.75) is 37.8 Å². The molecule has 0 bridgehead atoms. The second kappa shape index (κ2) is 5.06. The van der Waals surface area contributed by atoms with Crippen molar-refractivity contribution in [3.05, 3.63) is 24.3 Å². The molecule has 3 nitrogen and oxygen atoms in total. The topological polar surface area (TPSA) is 38.7 Å². The first-order valence-corrected chi connectivity index (χ1v) is 5.65. The fraction of sp³-hybridized carbons (Fsp3) is 0.500. The van der Waals surface area contributed by atoms with Gasteiger partial charge in [-0.1, -0.05) is 12.1 Å². The molecule has 1 aliphatic carbocycles. The molecule has 2 atom stereocenters. The molecule has 1 saturated carbocycles. The van der Waals surface area contributed by atoms with E-state index in [-0.39, 0.29) is 11.5 Å². The van der Waals surface area contributed by atoms with Gasteiger partial charge in [0.05, 0.1) is 6.10 Å². The summed E-state index contributed by atoms with van der Waals surface area (Å²) in [5.74, 6) is -0.384. The van der Waals surface area contributed by atoms with Crippen LogP contribution in [0.25, 0.3) is 0 Å². The van der Waals surface area contributed by atoms with Crippen LogP contribution in [0.2, 0.25) is 0 Å². The average Bonchev–Trinajstić information content (AvgIpc) is 2.65. The summed E-state index contributed by atoms with van der Waals surface area (Å²) >= 11 is 0. The normalized spacial score (nSPS) is 24.0. The van der Waals surface area contributed by atoms with Crippen molar-refractivity contribution in [2.75, 3.05) is 0 Å². The van der Waals surface area contributed by atoms with Crippen molar-refractivity contribution >= 4 is 0 Å². The van der Waals surface area contributed by atoms with Crippen LogP contribution in [0.15, 0.2) is 24.3 Å². The van der Waals surface area contributed by atoms with Crippen molar-refractivity contribution in [1.29, 1.82) is 0 Å². The van der Waals surface area contributed by atoms with Crippen LogP contribution in [0.5, 0.6) is 11.5 Å². The van der Waals surface area contributed by atoms with E-state index in [1.165, 1.54) is 18.2 Å². The lowest BCUT2D eigenvalue weighted by molar-refractivity contribution is -0.275. The molecule has 18 heavy (non-hydrogen) atoms. The van der Waals surface area contributed by atoms with Crippen LogP contribution in [-0.2, 0) is 0 Å². The van der Waals surface area contributed by atoms with Crippen LogP contribution in [-0.4, -0.2) is 23.7 Å². The Balaban J connectivity index is 2.12. The third kappa shape index (κ3) is 3.29. The molecule has 0 aliphatic heterocycles. The molecule has 1 aliphatic rings. The van der Waals surface area contributed by atoms with Gasteiger partial charge in [0.25, 0.3) is 0 Å². The maximum absolute atomic E-state index is 12.2. The number of para-hydroxylation sites is 2. The number of aliphatic hydroxyl groups is 1. The van der Waals surface area contributed by atoms with Gasteiger partial charge in [0.2, 0.25) is 0 Å². The lowest BCUT2D eigenvalue weighted by Gasteiger charge is -2.19. The van der Waals surface area contributed by atoms with Crippen LogP contribution < -0.4 is 9.47 Å². The third-order valence-electron chi connectivity index (χ3n) is 2.77. The highest BCUT2D eigenvalue weighted by Gasteiger charge is 2.33. The largest absolute Gasteiger partial charge is 0.573 e. The first kappa shape index (κ1) is 13.0. The Morgan fingerprint density at radius 2 is 1.78 bits per heavy atom. The maximum Gasteiger partial charge on any atom is 0.573 e. The molecule has 0 amide bonds. The number of alkyl halides is 3. The number of rotatable bonds is 3. The van der Waals surface area contributed by atoms with Crippen LogP contribution in [0.3, 0.4) is 0 Å². The second-order valence-electron chi connectivity index (χ2n) is 4.15. The molecule has 100 valence electrons. The molecule has 0 radical (unpaired) electrons. The van der Waals surface area contributed by atoms with Gasteiger partial charge in [-0.15, -0.1) is 13.2 Å². The van der Waals surface area contributed by atoms with Gasteiger partial charge >= 0.3 is 6.36 Å². The van der Waals surface area contributed by atoms with Gasteiger partial charge in [-0.3, -0.25) is 0 Å². The second-order valence-corrected chi connectivity index (χ2v) is 4.15. The zero-order chi connectivity index (χ0) is 13.2. The van der Waals surface area contributed by atoms with E-state index in [0.29, 0.717) is 12.8 Å². The number of ether oxygens (including phenoxy) is 2. The van der Waals surface area contributed by atoms with Gasteiger partial charge in [0.1, 0.15) is 6.10 Å². The van der Waals surface area contributed by atoms with E-state index in [0.717, 1.165) is 6.42 Å². The number of benzene rings is 1. The summed E-state index contributed by atoms with van der Waals surface area (Å²) < 4.78 is 45.8. The Hall–Kier alpha value is -1.43. The molecule has 1 aromatic carbocycles. The fourth-order valence-corrected chi connectivity index (χ4v) is 1.96. The highest BCUT2D eigenvalue weighted by molar-refractivity contribution is 5.39. The van der Waals surface area contributed by atoms with Crippen LogP contribution in [0.4, 0.5) is 13.2 Å². The molecule has 2 rings (SSSR count). The zero-order valence-electron chi connectivity index (χ0n) is 9.48. The lowest BCUT2D eigenvalue weighted by Crippen LogP contribution is -2.26. The predicted octanol–water partition coefficient (Wildman–Crippen LogP) is 2.88. The molecular weight excluding hydrogens is 249 g/mol. The number of halogens is 3. The van der Waals surface area contributed by atoms with E-state index < -0.39 is 18.6 Å². The van der Waals surface area contributed by atoms with Gasteiger partial charge < -0.3 is 14.6 Å². The Morgan fingerprint density at radius 1 is 1.11 bits per heavy atom. The van der Waals surface area contributed by atoms with Crippen LogP contribution in [0.1, 0.15) is 19.3 Å². The summed E-state index contributed by atoms with van der Waals surface area (Å²) in [6.45, 7) is 0. The Morgan fingerprint density at radius 3 is 2.33 bits per heavy atom. The standard InChI is InChI=1S/C12H13F3O3/c13-12(14,15)18-11-6-2-1-5-10(11)17-9-7-3-4-8(9)16/h1-2,5-6,8-9,16H,3-4,7H2/t8-,9-/m0/s1. The molecule has 6 heteroatoms. The van der Waals surface area contributed by atoms with E-state index in [4.69, 9.17) is 4.74 Å². The minimum Gasteiger partial charge on any atom is -0.484 e. The summed E-state index contributed by atoms with van der Waals surface area (Å²) in [6.07, 6.45) is -3.83. The van der Waals surface area contributed by atoms with E-state index >= 15 is 0 Å². The van der Waals surface area contributed by atoms with Gasteiger partial charge in [-0.2, -0.15) is 0 Å². The van der Waals surface area contributed by atoms with Crippen molar-refractivity contribution in [3.8, 4) is 11.5 Å². The first-order valence-electron chi connectivity index (χ1n) is 5.65. The molecule has 0 unspecified atom stereocenters. The Labute approximate surface area is 102 Å². The molecule has 0 heterocycles. The highest BCUT2D eigenvalue weighted by Crippen LogP contribution is 2.34. The molecular formula is C12H13F3O3. The summed E-state index contributed by atoms with van der Waals surface area (Å²) in [5, 5.41) is 9.59. The highest BCUT2D eigenvalue weighted by atomic mass is 19.4. The summed E-state index contributed by atoms with van der Waals surface area (Å²) in [4.78, 5) is 0. The number of aliphatic hydroxyl groups excluding tert-OH is 1. The summed E-state index contributed by atoms with van der Waals surface area (Å²) in [5.41, 5.74) is 0. The average molecular weight is 262 g/mol. The van der Waals surface area contributed by atoms with Gasteiger partial charge in [0, 0.05) is 0 Å².